The highest BCUT2D eigenvalue weighted by Gasteiger charge is 2.17. The summed E-state index contributed by atoms with van der Waals surface area (Å²) in [5, 5.41) is 4.37. The average molecular weight is 283 g/mol. The molecule has 3 atom stereocenters. The largest absolute Gasteiger partial charge is 0.313 e. The first kappa shape index (κ1) is 16.5. The maximum atomic E-state index is 6.06. The predicted molar refractivity (Wildman–Crippen MR) is 84.8 cm³/mol. The first-order chi connectivity index (χ1) is 8.95. The zero-order valence-electron chi connectivity index (χ0n) is 12.8. The number of hydrogen-bond donors (Lipinski definition) is 1. The second-order valence-corrected chi connectivity index (χ2v) is 5.90. The lowest BCUT2D eigenvalue weighted by molar-refractivity contribution is 0.190. The quantitative estimate of drug-likeness (QED) is 0.810. The van der Waals surface area contributed by atoms with Gasteiger partial charge in [-0.2, -0.15) is 0 Å². The van der Waals surface area contributed by atoms with Crippen LogP contribution in [0.25, 0.3) is 0 Å². The van der Waals surface area contributed by atoms with Gasteiger partial charge in [0.2, 0.25) is 0 Å². The number of nitrogens with one attached hydrogen (secondary N) is 1. The van der Waals surface area contributed by atoms with Crippen molar-refractivity contribution >= 4 is 11.6 Å². The van der Waals surface area contributed by atoms with Gasteiger partial charge in [-0.1, -0.05) is 30.7 Å². The molecular weight excluding hydrogens is 256 g/mol. The van der Waals surface area contributed by atoms with Crippen molar-refractivity contribution in [1.29, 1.82) is 0 Å². The molecule has 1 N–H and O–H groups in total. The summed E-state index contributed by atoms with van der Waals surface area (Å²) in [5.41, 5.74) is 1.27. The molecule has 0 saturated carbocycles. The number of halogens is 1. The molecule has 0 spiro atoms. The van der Waals surface area contributed by atoms with Crippen molar-refractivity contribution < 1.29 is 0 Å². The molecule has 0 aliphatic carbocycles. The first-order valence-corrected chi connectivity index (χ1v) is 7.54. The summed E-state index contributed by atoms with van der Waals surface area (Å²) < 4.78 is 0. The fourth-order valence-corrected chi connectivity index (χ4v) is 2.24. The monoisotopic (exact) mass is 282 g/mol. The molecule has 3 unspecified atom stereocenters. The van der Waals surface area contributed by atoms with Gasteiger partial charge in [0.15, 0.2) is 0 Å². The molecule has 0 aliphatic heterocycles. The minimum Gasteiger partial charge on any atom is -0.313 e. The molecular formula is C16H27ClN2. The zero-order valence-corrected chi connectivity index (χ0v) is 13.5. The van der Waals surface area contributed by atoms with Crippen LogP contribution in [-0.2, 0) is 0 Å². The van der Waals surface area contributed by atoms with Crippen LogP contribution in [0.3, 0.4) is 0 Å². The van der Waals surface area contributed by atoms with E-state index < -0.39 is 0 Å². The fraction of sp³-hybridized carbons (Fsp3) is 0.625. The Bertz CT molecular complexity index is 381. The molecule has 0 radical (unpaired) electrons. The summed E-state index contributed by atoms with van der Waals surface area (Å²) in [6.45, 7) is 9.94. The Morgan fingerprint density at radius 3 is 2.53 bits per heavy atom. The van der Waals surface area contributed by atoms with E-state index >= 15 is 0 Å². The summed E-state index contributed by atoms with van der Waals surface area (Å²) in [6, 6.07) is 9.57. The molecule has 2 nitrogen and oxygen atoms in total. The molecule has 0 bridgehead atoms. The molecule has 3 heteroatoms. The summed E-state index contributed by atoms with van der Waals surface area (Å²) in [4.78, 5) is 2.39. The molecule has 1 aromatic carbocycles. The van der Waals surface area contributed by atoms with Gasteiger partial charge in [0.25, 0.3) is 0 Å². The molecule has 0 aliphatic rings. The Morgan fingerprint density at radius 2 is 1.95 bits per heavy atom. The van der Waals surface area contributed by atoms with Crippen molar-refractivity contribution in [2.45, 2.75) is 52.2 Å². The summed E-state index contributed by atoms with van der Waals surface area (Å²) in [7, 11) is 2.18. The third-order valence-electron chi connectivity index (χ3n) is 4.01. The highest BCUT2D eigenvalue weighted by atomic mass is 35.5. The highest BCUT2D eigenvalue weighted by molar-refractivity contribution is 6.30. The third-order valence-corrected chi connectivity index (χ3v) is 4.25. The standard InChI is InChI=1S/C16H27ClN2/c1-6-12(2)18-11-13(3)19(5)14(4)15-8-7-9-16(17)10-15/h7-10,12-14,18H,6,11H2,1-5H3. The normalized spacial score (nSPS) is 16.4. The predicted octanol–water partition coefficient (Wildman–Crippen LogP) is 4.11. The number of benzene rings is 1. The Labute approximate surface area is 123 Å². The van der Waals surface area contributed by atoms with E-state index in [1.54, 1.807) is 0 Å². The highest BCUT2D eigenvalue weighted by Crippen LogP contribution is 2.23. The van der Waals surface area contributed by atoms with Crippen LogP contribution in [0.2, 0.25) is 5.02 Å². The van der Waals surface area contributed by atoms with Crippen LogP contribution in [0.1, 0.15) is 45.7 Å². The SMILES string of the molecule is CCC(C)NCC(C)N(C)C(C)c1cccc(Cl)c1. The molecule has 1 aromatic rings. The van der Waals surface area contributed by atoms with Gasteiger partial charge in [-0.3, -0.25) is 4.90 Å². The Kier molecular flexibility index (Phi) is 6.84. The Hall–Kier alpha value is -0.570. The van der Waals surface area contributed by atoms with E-state index in [-0.39, 0.29) is 0 Å². The van der Waals surface area contributed by atoms with Gasteiger partial charge in [0.05, 0.1) is 0 Å². The lowest BCUT2D eigenvalue weighted by Crippen LogP contribution is -2.41. The maximum absolute atomic E-state index is 6.06. The van der Waals surface area contributed by atoms with Crippen LogP contribution in [0.5, 0.6) is 0 Å². The molecule has 0 fully saturated rings. The molecule has 0 heterocycles. The zero-order chi connectivity index (χ0) is 14.4. The van der Waals surface area contributed by atoms with Gasteiger partial charge in [-0.25, -0.2) is 0 Å². The van der Waals surface area contributed by atoms with Crippen molar-refractivity contribution in [3.8, 4) is 0 Å². The van der Waals surface area contributed by atoms with Crippen molar-refractivity contribution in [2.75, 3.05) is 13.6 Å². The smallest absolute Gasteiger partial charge is 0.0409 e. The second-order valence-electron chi connectivity index (χ2n) is 5.46. The van der Waals surface area contributed by atoms with Crippen molar-refractivity contribution in [1.82, 2.24) is 10.2 Å². The second kappa shape index (κ2) is 7.88. The van der Waals surface area contributed by atoms with Crippen LogP contribution in [0, 0.1) is 0 Å². The fourth-order valence-electron chi connectivity index (χ4n) is 2.04. The third kappa shape index (κ3) is 5.13. The minimum absolute atomic E-state index is 0.368. The molecule has 0 amide bonds. The van der Waals surface area contributed by atoms with Gasteiger partial charge in [0.1, 0.15) is 0 Å². The van der Waals surface area contributed by atoms with E-state index in [0.29, 0.717) is 18.1 Å². The van der Waals surface area contributed by atoms with E-state index in [1.165, 1.54) is 12.0 Å². The molecule has 19 heavy (non-hydrogen) atoms. The summed E-state index contributed by atoms with van der Waals surface area (Å²) >= 11 is 6.06. The van der Waals surface area contributed by atoms with Crippen molar-refractivity contribution in [3.63, 3.8) is 0 Å². The molecule has 108 valence electrons. The van der Waals surface area contributed by atoms with E-state index in [0.717, 1.165) is 11.6 Å². The van der Waals surface area contributed by atoms with Gasteiger partial charge in [0, 0.05) is 29.7 Å². The van der Waals surface area contributed by atoms with Crippen LogP contribution in [-0.4, -0.2) is 30.6 Å². The van der Waals surface area contributed by atoms with E-state index in [1.807, 2.05) is 12.1 Å². The van der Waals surface area contributed by atoms with Gasteiger partial charge < -0.3 is 5.32 Å². The van der Waals surface area contributed by atoms with Crippen LogP contribution < -0.4 is 5.32 Å². The van der Waals surface area contributed by atoms with E-state index in [4.69, 9.17) is 11.6 Å². The van der Waals surface area contributed by atoms with Gasteiger partial charge >= 0.3 is 0 Å². The lowest BCUT2D eigenvalue weighted by Gasteiger charge is -2.32. The molecule has 0 aromatic heterocycles. The topological polar surface area (TPSA) is 15.3 Å². The minimum atomic E-state index is 0.368. The lowest BCUT2D eigenvalue weighted by atomic mass is 10.1. The average Bonchev–Trinajstić information content (AvgIpc) is 2.42. The number of likely N-dealkylation sites (N-methyl/N-ethyl adjacent to an activating group) is 1. The number of nitrogens with zero attached hydrogens (tertiary/aromatic N) is 1. The van der Waals surface area contributed by atoms with E-state index in [2.05, 4.69) is 57.1 Å². The molecule has 0 saturated heterocycles. The van der Waals surface area contributed by atoms with Crippen molar-refractivity contribution in [3.05, 3.63) is 34.9 Å². The van der Waals surface area contributed by atoms with Crippen molar-refractivity contribution in [2.24, 2.45) is 0 Å². The summed E-state index contributed by atoms with van der Waals surface area (Å²) in [6.07, 6.45) is 1.17. The van der Waals surface area contributed by atoms with E-state index in [9.17, 15) is 0 Å². The van der Waals surface area contributed by atoms with Gasteiger partial charge in [-0.15, -0.1) is 0 Å². The van der Waals surface area contributed by atoms with Gasteiger partial charge in [-0.05, 0) is 51.9 Å². The van der Waals surface area contributed by atoms with Crippen LogP contribution >= 0.6 is 11.6 Å². The number of rotatable bonds is 7. The Morgan fingerprint density at radius 1 is 1.26 bits per heavy atom. The van der Waals surface area contributed by atoms with Crippen LogP contribution in [0.15, 0.2) is 24.3 Å². The van der Waals surface area contributed by atoms with Crippen LogP contribution in [0.4, 0.5) is 0 Å². The first-order valence-electron chi connectivity index (χ1n) is 7.16. The Balaban J connectivity index is 2.58. The molecule has 1 rings (SSSR count). The summed E-state index contributed by atoms with van der Waals surface area (Å²) in [5.74, 6) is 0. The maximum Gasteiger partial charge on any atom is 0.0409 e. The number of hydrogen-bond acceptors (Lipinski definition) is 2.